The topological polar surface area (TPSA) is 80.6 Å². The Bertz CT molecular complexity index is 930. The highest BCUT2D eigenvalue weighted by Crippen LogP contribution is 2.22. The molecule has 3 rings (SSSR count). The Hall–Kier alpha value is -2.16. The fraction of sp³-hybridized carbons (Fsp3) is 0.450. The molecule has 0 unspecified atom stereocenters. The lowest BCUT2D eigenvalue weighted by atomic mass is 10.1. The number of rotatable bonds is 6. The normalized spacial score (nSPS) is 16.2. The molecule has 152 valence electrons. The predicted molar refractivity (Wildman–Crippen MR) is 107 cm³/mol. The number of benzene rings is 1. The molecule has 0 radical (unpaired) electrons. The van der Waals surface area contributed by atoms with Gasteiger partial charge in [-0.25, -0.2) is 17.9 Å². The van der Waals surface area contributed by atoms with Crippen LogP contribution in [0.25, 0.3) is 0 Å². The number of piperidine rings is 1. The zero-order valence-corrected chi connectivity index (χ0v) is 17.3. The summed E-state index contributed by atoms with van der Waals surface area (Å²) < 4.78 is 34.8. The minimum atomic E-state index is -3.71. The first-order valence-electron chi connectivity index (χ1n) is 9.35. The summed E-state index contributed by atoms with van der Waals surface area (Å²) in [7, 11) is -0.774. The minimum absolute atomic E-state index is 0.113. The van der Waals surface area contributed by atoms with E-state index >= 15 is 0 Å². The van der Waals surface area contributed by atoms with Crippen LogP contribution < -0.4 is 4.72 Å². The fourth-order valence-corrected chi connectivity index (χ4v) is 5.17. The maximum absolute atomic E-state index is 12.9. The monoisotopic (exact) mass is 405 g/mol. The Labute approximate surface area is 166 Å². The number of sulfonamides is 1. The van der Waals surface area contributed by atoms with Gasteiger partial charge in [-0.05, 0) is 31.4 Å². The Kier molecular flexibility index (Phi) is 6.22. The van der Waals surface area contributed by atoms with E-state index in [2.05, 4.69) is 21.8 Å². The van der Waals surface area contributed by atoms with Gasteiger partial charge in [-0.2, -0.15) is 0 Å². The molecule has 0 atom stereocenters. The summed E-state index contributed by atoms with van der Waals surface area (Å²) >= 11 is 0. The highest BCUT2D eigenvalue weighted by Gasteiger charge is 2.28. The zero-order chi connectivity index (χ0) is 20.3. The number of nitrogens with one attached hydrogen (secondary N) is 1. The van der Waals surface area contributed by atoms with Crippen LogP contribution in [0.1, 0.15) is 34.6 Å². The van der Waals surface area contributed by atoms with Gasteiger partial charge in [0.1, 0.15) is 10.6 Å². The molecule has 1 aromatic heterocycles. The molecule has 1 fully saturated rings. The zero-order valence-electron chi connectivity index (χ0n) is 16.5. The van der Waals surface area contributed by atoms with Gasteiger partial charge in [-0.15, -0.1) is 0 Å². The van der Waals surface area contributed by atoms with Crippen molar-refractivity contribution in [2.75, 3.05) is 20.2 Å². The third kappa shape index (κ3) is 4.45. The highest BCUT2D eigenvalue weighted by atomic mass is 32.2. The molecule has 2 aromatic rings. The van der Waals surface area contributed by atoms with E-state index in [1.807, 2.05) is 18.2 Å². The van der Waals surface area contributed by atoms with E-state index in [4.69, 9.17) is 4.74 Å². The second kappa shape index (κ2) is 8.46. The Morgan fingerprint density at radius 2 is 1.86 bits per heavy atom. The minimum Gasteiger partial charge on any atom is -0.464 e. The second-order valence-electron chi connectivity index (χ2n) is 7.19. The first-order chi connectivity index (χ1) is 13.3. The van der Waals surface area contributed by atoms with Crippen LogP contribution in [0, 0.1) is 6.92 Å². The van der Waals surface area contributed by atoms with Crippen LogP contribution in [-0.2, 0) is 28.4 Å². The van der Waals surface area contributed by atoms with Crippen molar-refractivity contribution in [2.24, 2.45) is 7.05 Å². The van der Waals surface area contributed by atoms with Crippen molar-refractivity contribution >= 4 is 16.0 Å². The van der Waals surface area contributed by atoms with Gasteiger partial charge in [0.25, 0.3) is 0 Å². The summed E-state index contributed by atoms with van der Waals surface area (Å²) in [5.74, 6) is -0.554. The van der Waals surface area contributed by atoms with Crippen LogP contribution in [-0.4, -0.2) is 50.1 Å². The van der Waals surface area contributed by atoms with Gasteiger partial charge in [0.2, 0.25) is 10.0 Å². The van der Waals surface area contributed by atoms with Crippen molar-refractivity contribution in [3.63, 3.8) is 0 Å². The molecular formula is C20H27N3O4S. The number of likely N-dealkylation sites (tertiary alicyclic amines) is 1. The number of nitrogens with zero attached hydrogens (tertiary/aromatic N) is 2. The van der Waals surface area contributed by atoms with Gasteiger partial charge < -0.3 is 9.30 Å². The molecule has 0 spiro atoms. The quantitative estimate of drug-likeness (QED) is 0.744. The highest BCUT2D eigenvalue weighted by molar-refractivity contribution is 7.89. The summed E-state index contributed by atoms with van der Waals surface area (Å²) in [6.07, 6.45) is 1.50. The SMILES string of the molecule is COC(=O)c1cc(S(=O)(=O)NC2CCN(Cc3ccccc3)CC2)c(C)n1C. The number of esters is 1. The van der Waals surface area contributed by atoms with Crippen LogP contribution in [0.2, 0.25) is 0 Å². The fourth-order valence-electron chi connectivity index (χ4n) is 3.58. The molecule has 28 heavy (non-hydrogen) atoms. The van der Waals surface area contributed by atoms with Gasteiger partial charge in [0, 0.05) is 38.4 Å². The molecule has 0 bridgehead atoms. The average molecular weight is 406 g/mol. The molecule has 1 aromatic carbocycles. The molecule has 1 aliphatic heterocycles. The third-order valence-electron chi connectivity index (χ3n) is 5.33. The maximum Gasteiger partial charge on any atom is 0.354 e. The van der Waals surface area contributed by atoms with E-state index in [-0.39, 0.29) is 16.6 Å². The van der Waals surface area contributed by atoms with Crippen LogP contribution >= 0.6 is 0 Å². The molecule has 8 heteroatoms. The van der Waals surface area contributed by atoms with E-state index in [0.29, 0.717) is 5.69 Å². The largest absolute Gasteiger partial charge is 0.464 e. The predicted octanol–water partition coefficient (Wildman–Crippen LogP) is 2.06. The van der Waals surface area contributed by atoms with E-state index in [1.165, 1.54) is 18.7 Å². The molecule has 0 amide bonds. The van der Waals surface area contributed by atoms with Crippen molar-refractivity contribution in [3.05, 3.63) is 53.3 Å². The number of ether oxygens (including phenoxy) is 1. The second-order valence-corrected chi connectivity index (χ2v) is 8.87. The van der Waals surface area contributed by atoms with Crippen LogP contribution in [0.3, 0.4) is 0 Å². The third-order valence-corrected chi connectivity index (χ3v) is 6.97. The van der Waals surface area contributed by atoms with Crippen molar-refractivity contribution in [1.29, 1.82) is 0 Å². The van der Waals surface area contributed by atoms with Gasteiger partial charge in [0.15, 0.2) is 0 Å². The van der Waals surface area contributed by atoms with Gasteiger partial charge in [-0.3, -0.25) is 4.90 Å². The van der Waals surface area contributed by atoms with Gasteiger partial charge >= 0.3 is 5.97 Å². The first-order valence-corrected chi connectivity index (χ1v) is 10.8. The van der Waals surface area contributed by atoms with E-state index in [9.17, 15) is 13.2 Å². The summed E-state index contributed by atoms with van der Waals surface area (Å²) in [5.41, 5.74) is 1.99. The molecular weight excluding hydrogens is 378 g/mol. The number of carbonyl (C=O) groups is 1. The van der Waals surface area contributed by atoms with Crippen LogP contribution in [0.4, 0.5) is 0 Å². The Morgan fingerprint density at radius 3 is 2.46 bits per heavy atom. The van der Waals surface area contributed by atoms with E-state index in [0.717, 1.165) is 32.5 Å². The molecule has 1 aliphatic rings. The summed E-state index contributed by atoms with van der Waals surface area (Å²) in [6, 6.07) is 11.5. The Balaban J connectivity index is 1.64. The molecule has 0 saturated carbocycles. The summed E-state index contributed by atoms with van der Waals surface area (Å²) in [4.78, 5) is 14.3. The van der Waals surface area contributed by atoms with Crippen molar-refractivity contribution in [1.82, 2.24) is 14.2 Å². The number of methoxy groups -OCH3 is 1. The Morgan fingerprint density at radius 1 is 1.21 bits per heavy atom. The molecule has 1 saturated heterocycles. The van der Waals surface area contributed by atoms with E-state index in [1.54, 1.807) is 18.5 Å². The van der Waals surface area contributed by atoms with Crippen LogP contribution in [0.5, 0.6) is 0 Å². The van der Waals surface area contributed by atoms with Crippen molar-refractivity contribution in [3.8, 4) is 0 Å². The lowest BCUT2D eigenvalue weighted by molar-refractivity contribution is 0.0589. The number of aromatic nitrogens is 1. The van der Waals surface area contributed by atoms with Crippen molar-refractivity contribution < 1.29 is 17.9 Å². The van der Waals surface area contributed by atoms with Crippen molar-refractivity contribution in [2.45, 2.75) is 37.2 Å². The number of hydrogen-bond donors (Lipinski definition) is 1. The molecule has 7 nitrogen and oxygen atoms in total. The van der Waals surface area contributed by atoms with Crippen LogP contribution in [0.15, 0.2) is 41.3 Å². The molecule has 0 aliphatic carbocycles. The number of hydrogen-bond acceptors (Lipinski definition) is 5. The molecule has 2 heterocycles. The van der Waals surface area contributed by atoms with Gasteiger partial charge in [0.05, 0.1) is 7.11 Å². The standard InChI is InChI=1S/C20H27N3O4S/c1-15-19(13-18(22(15)2)20(24)27-3)28(25,26)21-17-9-11-23(12-10-17)14-16-7-5-4-6-8-16/h4-8,13,17,21H,9-12,14H2,1-3H3. The average Bonchev–Trinajstić information content (AvgIpc) is 2.99. The lowest BCUT2D eigenvalue weighted by Crippen LogP contribution is -2.44. The summed E-state index contributed by atoms with van der Waals surface area (Å²) in [6.45, 7) is 4.23. The van der Waals surface area contributed by atoms with Gasteiger partial charge in [-0.1, -0.05) is 30.3 Å². The first kappa shape index (κ1) is 20.6. The molecule has 1 N–H and O–H groups in total. The summed E-state index contributed by atoms with van der Waals surface area (Å²) in [5, 5.41) is 0. The number of carbonyl (C=O) groups excluding carboxylic acids is 1. The van der Waals surface area contributed by atoms with E-state index < -0.39 is 16.0 Å². The lowest BCUT2D eigenvalue weighted by Gasteiger charge is -2.32. The smallest absolute Gasteiger partial charge is 0.354 e. The maximum atomic E-state index is 12.9.